The fourth-order valence-corrected chi connectivity index (χ4v) is 2.95. The predicted octanol–water partition coefficient (Wildman–Crippen LogP) is 5.11. The second kappa shape index (κ2) is 6.48. The number of fused-ring (bicyclic) bond motifs is 1. The number of methoxy groups -OCH3 is 1. The van der Waals surface area contributed by atoms with Crippen LogP contribution in [0.2, 0.25) is 0 Å². The minimum Gasteiger partial charge on any atom is -0.497 e. The molecule has 2 heterocycles. The highest BCUT2D eigenvalue weighted by Crippen LogP contribution is 2.26. The maximum absolute atomic E-state index is 5.32. The predicted molar refractivity (Wildman–Crippen MR) is 105 cm³/mol. The van der Waals surface area contributed by atoms with Gasteiger partial charge in [0.25, 0.3) is 0 Å². The monoisotopic (exact) mass is 341 g/mol. The van der Waals surface area contributed by atoms with Gasteiger partial charge in [-0.05, 0) is 42.8 Å². The van der Waals surface area contributed by atoms with Gasteiger partial charge in [0.1, 0.15) is 5.75 Å². The third-order valence-corrected chi connectivity index (χ3v) is 4.38. The molecule has 0 fully saturated rings. The van der Waals surface area contributed by atoms with Crippen LogP contribution in [0.4, 0.5) is 0 Å². The van der Waals surface area contributed by atoms with Crippen molar-refractivity contribution in [2.45, 2.75) is 6.92 Å². The molecule has 0 atom stereocenters. The molecule has 128 valence electrons. The summed E-state index contributed by atoms with van der Waals surface area (Å²) < 4.78 is 7.20. The standard InChI is InChI=1S/C22H19N3O/c1-15(2)16-6-4-8-18(12-16)21-14-23-22-11-10-20(24-25(21)22)17-7-5-9-19(13-17)26-3/h4-14H,1H2,2-3H3. The molecule has 4 nitrogen and oxygen atoms in total. The van der Waals surface area contributed by atoms with Crippen LogP contribution in [0, 0.1) is 0 Å². The molecule has 0 aliphatic heterocycles. The summed E-state index contributed by atoms with van der Waals surface area (Å²) in [5, 5.41) is 4.81. The van der Waals surface area contributed by atoms with Crippen molar-refractivity contribution in [2.75, 3.05) is 7.11 Å². The Balaban J connectivity index is 1.85. The summed E-state index contributed by atoms with van der Waals surface area (Å²) in [6.45, 7) is 6.04. The maximum atomic E-state index is 5.32. The number of rotatable bonds is 4. The fraction of sp³-hybridized carbons (Fsp3) is 0.0909. The van der Waals surface area contributed by atoms with Crippen molar-refractivity contribution >= 4 is 11.2 Å². The number of allylic oxidation sites excluding steroid dienone is 1. The molecule has 0 amide bonds. The molecule has 0 saturated carbocycles. The highest BCUT2D eigenvalue weighted by Gasteiger charge is 2.10. The quantitative estimate of drug-likeness (QED) is 0.518. The molecule has 0 aliphatic carbocycles. The Labute approximate surface area is 152 Å². The van der Waals surface area contributed by atoms with Crippen LogP contribution in [0.25, 0.3) is 33.7 Å². The molecular formula is C22H19N3O. The van der Waals surface area contributed by atoms with Gasteiger partial charge in [0.05, 0.1) is 24.7 Å². The van der Waals surface area contributed by atoms with Gasteiger partial charge in [-0.25, -0.2) is 9.50 Å². The van der Waals surface area contributed by atoms with Crippen LogP contribution in [-0.2, 0) is 0 Å². The van der Waals surface area contributed by atoms with Gasteiger partial charge < -0.3 is 4.74 Å². The van der Waals surface area contributed by atoms with Crippen molar-refractivity contribution in [3.63, 3.8) is 0 Å². The highest BCUT2D eigenvalue weighted by molar-refractivity contribution is 5.71. The van der Waals surface area contributed by atoms with E-state index in [9.17, 15) is 0 Å². The molecule has 0 spiro atoms. The van der Waals surface area contributed by atoms with E-state index in [4.69, 9.17) is 9.84 Å². The van der Waals surface area contributed by atoms with Gasteiger partial charge in [-0.1, -0.05) is 42.5 Å². The van der Waals surface area contributed by atoms with E-state index in [-0.39, 0.29) is 0 Å². The Kier molecular flexibility index (Phi) is 4.01. The zero-order valence-electron chi connectivity index (χ0n) is 14.8. The van der Waals surface area contributed by atoms with E-state index in [0.717, 1.165) is 45.0 Å². The van der Waals surface area contributed by atoms with Gasteiger partial charge >= 0.3 is 0 Å². The lowest BCUT2D eigenvalue weighted by molar-refractivity contribution is 0.415. The van der Waals surface area contributed by atoms with Crippen LogP contribution in [0.5, 0.6) is 5.75 Å². The maximum Gasteiger partial charge on any atom is 0.154 e. The smallest absolute Gasteiger partial charge is 0.154 e. The van der Waals surface area contributed by atoms with Crippen LogP contribution < -0.4 is 4.74 Å². The molecule has 0 aliphatic rings. The SMILES string of the molecule is C=C(C)c1cccc(-c2cnc3ccc(-c4cccc(OC)c4)nn23)c1. The van der Waals surface area contributed by atoms with Gasteiger partial charge in [-0.2, -0.15) is 5.10 Å². The van der Waals surface area contributed by atoms with Gasteiger partial charge in [0.2, 0.25) is 0 Å². The van der Waals surface area contributed by atoms with Gasteiger partial charge in [-0.3, -0.25) is 0 Å². The number of hydrogen-bond donors (Lipinski definition) is 0. The second-order valence-electron chi connectivity index (χ2n) is 6.23. The molecule has 4 aromatic rings. The minimum atomic E-state index is 0.810. The molecule has 4 rings (SSSR count). The van der Waals surface area contributed by atoms with E-state index in [1.807, 2.05) is 60.1 Å². The third kappa shape index (κ3) is 2.86. The Hall–Kier alpha value is -3.40. The van der Waals surface area contributed by atoms with Crippen molar-refractivity contribution in [1.82, 2.24) is 14.6 Å². The summed E-state index contributed by atoms with van der Waals surface area (Å²) >= 11 is 0. The van der Waals surface area contributed by atoms with E-state index in [1.54, 1.807) is 7.11 Å². The second-order valence-corrected chi connectivity index (χ2v) is 6.23. The van der Waals surface area contributed by atoms with Crippen molar-refractivity contribution in [1.29, 1.82) is 0 Å². The average Bonchev–Trinajstić information content (AvgIpc) is 3.11. The number of hydrogen-bond acceptors (Lipinski definition) is 3. The number of imidazole rings is 1. The van der Waals surface area contributed by atoms with Crippen molar-refractivity contribution in [2.24, 2.45) is 0 Å². The summed E-state index contributed by atoms with van der Waals surface area (Å²) in [7, 11) is 1.66. The zero-order valence-corrected chi connectivity index (χ0v) is 14.8. The van der Waals surface area contributed by atoms with Gasteiger partial charge in [0, 0.05) is 11.1 Å². The molecule has 0 bridgehead atoms. The average molecular weight is 341 g/mol. The number of nitrogens with zero attached hydrogens (tertiary/aromatic N) is 3. The first-order valence-electron chi connectivity index (χ1n) is 8.41. The summed E-state index contributed by atoms with van der Waals surface area (Å²) in [5.41, 5.74) is 6.84. The highest BCUT2D eigenvalue weighted by atomic mass is 16.5. The first-order valence-corrected chi connectivity index (χ1v) is 8.41. The van der Waals surface area contributed by atoms with E-state index in [1.165, 1.54) is 0 Å². The number of benzene rings is 2. The summed E-state index contributed by atoms with van der Waals surface area (Å²) in [5.74, 6) is 0.810. The molecule has 0 radical (unpaired) electrons. The lowest BCUT2D eigenvalue weighted by atomic mass is 10.0. The number of aromatic nitrogens is 3. The van der Waals surface area contributed by atoms with E-state index < -0.39 is 0 Å². The van der Waals surface area contributed by atoms with E-state index >= 15 is 0 Å². The zero-order chi connectivity index (χ0) is 18.1. The summed E-state index contributed by atoms with van der Waals surface area (Å²) in [6, 6.07) is 20.1. The van der Waals surface area contributed by atoms with Crippen LogP contribution in [0.1, 0.15) is 12.5 Å². The Bertz CT molecular complexity index is 1110. The molecule has 2 aromatic carbocycles. The van der Waals surface area contributed by atoms with Gasteiger partial charge in [-0.15, -0.1) is 0 Å². The first kappa shape index (κ1) is 16.1. The molecule has 4 heteroatoms. The van der Waals surface area contributed by atoms with Crippen molar-refractivity contribution in [3.05, 3.63) is 79.0 Å². The Morgan fingerprint density at radius 2 is 1.81 bits per heavy atom. The van der Waals surface area contributed by atoms with Crippen LogP contribution in [-0.4, -0.2) is 21.7 Å². The number of ether oxygens (including phenoxy) is 1. The van der Waals surface area contributed by atoms with E-state index in [0.29, 0.717) is 0 Å². The fourth-order valence-electron chi connectivity index (χ4n) is 2.95. The Morgan fingerprint density at radius 1 is 1.00 bits per heavy atom. The van der Waals surface area contributed by atoms with Crippen molar-refractivity contribution in [3.8, 4) is 28.3 Å². The normalized spacial score (nSPS) is 10.8. The van der Waals surface area contributed by atoms with Gasteiger partial charge in [0.15, 0.2) is 5.65 Å². The van der Waals surface area contributed by atoms with E-state index in [2.05, 4.69) is 29.8 Å². The first-order chi connectivity index (χ1) is 12.7. The summed E-state index contributed by atoms with van der Waals surface area (Å²) in [4.78, 5) is 4.49. The molecule has 2 aromatic heterocycles. The molecule has 0 unspecified atom stereocenters. The lowest BCUT2D eigenvalue weighted by Crippen LogP contribution is -1.97. The lowest BCUT2D eigenvalue weighted by Gasteiger charge is -2.07. The molecular weight excluding hydrogens is 322 g/mol. The molecule has 26 heavy (non-hydrogen) atoms. The summed E-state index contributed by atoms with van der Waals surface area (Å²) in [6.07, 6.45) is 1.86. The van der Waals surface area contributed by atoms with Crippen molar-refractivity contribution < 1.29 is 4.74 Å². The molecule has 0 saturated heterocycles. The minimum absolute atomic E-state index is 0.810. The third-order valence-electron chi connectivity index (χ3n) is 4.38. The van der Waals surface area contributed by atoms with Crippen LogP contribution in [0.15, 0.2) is 73.4 Å². The van der Waals surface area contributed by atoms with Crippen LogP contribution >= 0.6 is 0 Å². The molecule has 0 N–H and O–H groups in total. The Morgan fingerprint density at radius 3 is 2.62 bits per heavy atom. The largest absolute Gasteiger partial charge is 0.497 e. The van der Waals surface area contributed by atoms with Crippen LogP contribution in [0.3, 0.4) is 0 Å². The topological polar surface area (TPSA) is 39.4 Å².